The first-order valence-corrected chi connectivity index (χ1v) is 5.89. The van der Waals surface area contributed by atoms with E-state index in [0.717, 1.165) is 0 Å². The van der Waals surface area contributed by atoms with Crippen LogP contribution in [0.3, 0.4) is 0 Å². The van der Waals surface area contributed by atoms with E-state index in [9.17, 15) is 9.59 Å². The number of carboxylic acids is 1. The lowest BCUT2D eigenvalue weighted by Gasteiger charge is -2.49. The van der Waals surface area contributed by atoms with Crippen molar-refractivity contribution in [3.63, 3.8) is 0 Å². The molecule has 0 aromatic rings. The van der Waals surface area contributed by atoms with Crippen molar-refractivity contribution in [2.75, 3.05) is 13.6 Å². The minimum atomic E-state index is -0.930. The molecule has 0 saturated carbocycles. The Balaban J connectivity index is 3.03. The van der Waals surface area contributed by atoms with Gasteiger partial charge in [0.1, 0.15) is 6.04 Å². The molecule has 1 fully saturated rings. The van der Waals surface area contributed by atoms with E-state index in [1.54, 1.807) is 11.9 Å². The number of hydrogen-bond acceptors (Lipinski definition) is 3. The molecule has 5 nitrogen and oxygen atoms in total. The van der Waals surface area contributed by atoms with Crippen LogP contribution in [-0.4, -0.2) is 58.0 Å². The number of likely N-dealkylation sites (N-methyl/N-ethyl adjacent to an activating group) is 1. The van der Waals surface area contributed by atoms with E-state index in [1.165, 1.54) is 0 Å². The molecule has 1 amide bonds. The zero-order chi connectivity index (χ0) is 13.4. The van der Waals surface area contributed by atoms with Crippen LogP contribution < -0.4 is 0 Å². The van der Waals surface area contributed by atoms with Gasteiger partial charge in [-0.15, -0.1) is 0 Å². The van der Waals surface area contributed by atoms with Crippen LogP contribution in [0.25, 0.3) is 0 Å². The Kier molecular flexibility index (Phi) is 3.81. The van der Waals surface area contributed by atoms with Crippen LogP contribution in [-0.2, 0) is 9.59 Å². The van der Waals surface area contributed by atoms with Crippen LogP contribution in [0.5, 0.6) is 0 Å². The molecule has 0 aromatic heterocycles. The van der Waals surface area contributed by atoms with E-state index in [4.69, 9.17) is 5.11 Å². The number of rotatable bonds is 2. The Morgan fingerprint density at radius 2 is 2.00 bits per heavy atom. The second-order valence-electron chi connectivity index (χ2n) is 5.76. The van der Waals surface area contributed by atoms with Crippen molar-refractivity contribution in [3.05, 3.63) is 0 Å². The molecule has 2 unspecified atom stereocenters. The summed E-state index contributed by atoms with van der Waals surface area (Å²) in [4.78, 5) is 26.6. The fourth-order valence-corrected chi connectivity index (χ4v) is 2.73. The zero-order valence-electron chi connectivity index (χ0n) is 11.2. The third-order valence-corrected chi connectivity index (χ3v) is 3.15. The summed E-state index contributed by atoms with van der Waals surface area (Å²) in [6.45, 7) is 8.71. The Bertz CT molecular complexity index is 322. The molecule has 1 aliphatic rings. The number of carboxylic acid groups (broad SMARTS) is 1. The van der Waals surface area contributed by atoms with Crippen LogP contribution in [0.15, 0.2) is 0 Å². The topological polar surface area (TPSA) is 60.9 Å². The average Bonchev–Trinajstić information content (AvgIpc) is 2.10. The maximum Gasteiger partial charge on any atom is 0.305 e. The molecule has 0 aliphatic carbocycles. The molecule has 0 bridgehead atoms. The average molecular weight is 242 g/mol. The summed E-state index contributed by atoms with van der Waals surface area (Å²) in [5, 5.41) is 8.94. The minimum Gasteiger partial charge on any atom is -0.481 e. The summed E-state index contributed by atoms with van der Waals surface area (Å²) < 4.78 is 0. The van der Waals surface area contributed by atoms with Gasteiger partial charge in [-0.3, -0.25) is 14.5 Å². The van der Waals surface area contributed by atoms with Crippen molar-refractivity contribution in [1.29, 1.82) is 0 Å². The molecule has 1 N–H and O–H groups in total. The molecule has 5 heteroatoms. The molecule has 1 rings (SSSR count). The normalized spacial score (nSPS) is 27.4. The van der Waals surface area contributed by atoms with Crippen molar-refractivity contribution in [1.82, 2.24) is 9.80 Å². The van der Waals surface area contributed by atoms with Gasteiger partial charge in [-0.1, -0.05) is 0 Å². The summed E-state index contributed by atoms with van der Waals surface area (Å²) in [6, 6.07) is -0.386. The van der Waals surface area contributed by atoms with E-state index in [0.29, 0.717) is 6.54 Å². The Hall–Kier alpha value is -1.10. The van der Waals surface area contributed by atoms with Gasteiger partial charge < -0.3 is 10.0 Å². The van der Waals surface area contributed by atoms with Crippen molar-refractivity contribution < 1.29 is 14.7 Å². The first-order valence-electron chi connectivity index (χ1n) is 5.89. The summed E-state index contributed by atoms with van der Waals surface area (Å²) >= 11 is 0. The molecule has 0 aromatic carbocycles. The molecule has 17 heavy (non-hydrogen) atoms. The van der Waals surface area contributed by atoms with Crippen molar-refractivity contribution in [3.8, 4) is 0 Å². The third kappa shape index (κ3) is 2.97. The van der Waals surface area contributed by atoms with Gasteiger partial charge in [0.25, 0.3) is 0 Å². The van der Waals surface area contributed by atoms with Crippen LogP contribution >= 0.6 is 0 Å². The summed E-state index contributed by atoms with van der Waals surface area (Å²) in [6.07, 6.45) is -0.134. The highest BCUT2D eigenvalue weighted by atomic mass is 16.4. The predicted molar refractivity (Wildman–Crippen MR) is 64.7 cm³/mol. The maximum absolute atomic E-state index is 12.1. The molecule has 1 heterocycles. The van der Waals surface area contributed by atoms with Crippen molar-refractivity contribution >= 4 is 11.9 Å². The highest BCUT2D eigenvalue weighted by Crippen LogP contribution is 2.27. The molecule has 2 atom stereocenters. The minimum absolute atomic E-state index is 0.0968. The number of aliphatic carboxylic acids is 1. The highest BCUT2D eigenvalue weighted by Gasteiger charge is 2.43. The lowest BCUT2D eigenvalue weighted by atomic mass is 9.94. The van der Waals surface area contributed by atoms with Gasteiger partial charge in [0.05, 0.1) is 6.42 Å². The van der Waals surface area contributed by atoms with Gasteiger partial charge in [-0.25, -0.2) is 0 Å². The standard InChI is InChI=1S/C12H22N2O3/c1-8-7-13(5)11(17)9(6-10(15)16)14(8)12(2,3)4/h8-9H,6-7H2,1-5H3,(H,15,16). The van der Waals surface area contributed by atoms with Gasteiger partial charge in [0, 0.05) is 25.2 Å². The van der Waals surface area contributed by atoms with Crippen LogP contribution in [0.1, 0.15) is 34.1 Å². The fraction of sp³-hybridized carbons (Fsp3) is 0.833. The quantitative estimate of drug-likeness (QED) is 0.777. The number of carbonyl (C=O) groups excluding carboxylic acids is 1. The number of amides is 1. The molecule has 98 valence electrons. The number of nitrogens with zero attached hydrogens (tertiary/aromatic N) is 2. The maximum atomic E-state index is 12.1. The van der Waals surface area contributed by atoms with Crippen molar-refractivity contribution in [2.24, 2.45) is 0 Å². The number of piperazine rings is 1. The van der Waals surface area contributed by atoms with E-state index >= 15 is 0 Å². The van der Waals surface area contributed by atoms with Crippen LogP contribution in [0, 0.1) is 0 Å². The van der Waals surface area contributed by atoms with Crippen LogP contribution in [0.4, 0.5) is 0 Å². The van der Waals surface area contributed by atoms with Gasteiger partial charge in [-0.05, 0) is 27.7 Å². The molecular formula is C12H22N2O3. The zero-order valence-corrected chi connectivity index (χ0v) is 11.2. The lowest BCUT2D eigenvalue weighted by Crippen LogP contribution is -2.65. The summed E-state index contributed by atoms with van der Waals surface area (Å²) in [5.41, 5.74) is -0.212. The SMILES string of the molecule is CC1CN(C)C(=O)C(CC(=O)O)N1C(C)(C)C. The predicted octanol–water partition coefficient (Wildman–Crippen LogP) is 0.791. The molecule has 0 spiro atoms. The molecule has 0 radical (unpaired) electrons. The van der Waals surface area contributed by atoms with Gasteiger partial charge in [-0.2, -0.15) is 0 Å². The van der Waals surface area contributed by atoms with Crippen LogP contribution in [0.2, 0.25) is 0 Å². The highest BCUT2D eigenvalue weighted by molar-refractivity contribution is 5.86. The van der Waals surface area contributed by atoms with E-state index in [-0.39, 0.29) is 23.9 Å². The Morgan fingerprint density at radius 3 is 2.41 bits per heavy atom. The van der Waals surface area contributed by atoms with E-state index < -0.39 is 12.0 Å². The van der Waals surface area contributed by atoms with Gasteiger partial charge in [0.15, 0.2) is 0 Å². The lowest BCUT2D eigenvalue weighted by molar-refractivity contribution is -0.154. The third-order valence-electron chi connectivity index (χ3n) is 3.15. The Labute approximate surface area is 102 Å². The first-order chi connectivity index (χ1) is 7.64. The number of hydrogen-bond donors (Lipinski definition) is 1. The largest absolute Gasteiger partial charge is 0.481 e. The monoisotopic (exact) mass is 242 g/mol. The summed E-state index contributed by atoms with van der Waals surface area (Å²) in [7, 11) is 1.73. The summed E-state index contributed by atoms with van der Waals surface area (Å²) in [5.74, 6) is -1.03. The number of carbonyl (C=O) groups is 2. The first kappa shape index (κ1) is 14.0. The molecular weight excluding hydrogens is 220 g/mol. The van der Waals surface area contributed by atoms with E-state index in [2.05, 4.69) is 0 Å². The second-order valence-corrected chi connectivity index (χ2v) is 5.76. The second kappa shape index (κ2) is 4.64. The van der Waals surface area contributed by atoms with Gasteiger partial charge >= 0.3 is 5.97 Å². The van der Waals surface area contributed by atoms with E-state index in [1.807, 2.05) is 32.6 Å². The van der Waals surface area contributed by atoms with Gasteiger partial charge in [0.2, 0.25) is 5.91 Å². The smallest absolute Gasteiger partial charge is 0.305 e. The van der Waals surface area contributed by atoms with Crippen molar-refractivity contribution in [2.45, 2.75) is 51.7 Å². The fourth-order valence-electron chi connectivity index (χ4n) is 2.73. The molecule has 1 saturated heterocycles. The molecule has 1 aliphatic heterocycles. The Morgan fingerprint density at radius 1 is 1.47 bits per heavy atom.